The molecule has 0 aliphatic heterocycles. The lowest BCUT2D eigenvalue weighted by Crippen LogP contribution is -2.10. The normalized spacial score (nSPS) is 9.71. The topological polar surface area (TPSA) is 130 Å². The molecule has 4 N–H and O–H groups in total. The number of anilines is 3. The Hall–Kier alpha value is -3.18. The summed E-state index contributed by atoms with van der Waals surface area (Å²) in [4.78, 5) is 14.4. The molecule has 0 bridgehead atoms. The summed E-state index contributed by atoms with van der Waals surface area (Å²) in [5, 5.41) is 22.4. The molecule has 0 fully saturated rings. The Kier molecular flexibility index (Phi) is 4.28. The molecule has 1 heterocycles. The van der Waals surface area contributed by atoms with Gasteiger partial charge in [0.05, 0.1) is 29.5 Å². The second-order valence-electron chi connectivity index (χ2n) is 4.15. The van der Waals surface area contributed by atoms with Crippen LogP contribution in [0.3, 0.4) is 0 Å². The van der Waals surface area contributed by atoms with Gasteiger partial charge in [0.2, 0.25) is 0 Å². The van der Waals surface area contributed by atoms with Gasteiger partial charge in [-0.2, -0.15) is 5.26 Å². The Balaban J connectivity index is 2.24. The summed E-state index contributed by atoms with van der Waals surface area (Å²) >= 11 is 0. The third-order valence-electron chi connectivity index (χ3n) is 2.68. The number of hydrogen-bond acceptors (Lipinski definition) is 7. The first-order valence-corrected chi connectivity index (χ1v) is 5.98. The summed E-state index contributed by atoms with van der Waals surface area (Å²) in [7, 11) is 0. The van der Waals surface area contributed by atoms with Crippen LogP contribution in [-0.2, 0) is 6.42 Å². The van der Waals surface area contributed by atoms with Gasteiger partial charge in [-0.05, 0) is 17.7 Å². The Morgan fingerprint density at radius 1 is 1.29 bits per heavy atom. The van der Waals surface area contributed by atoms with Crippen LogP contribution in [0, 0.1) is 21.4 Å². The standard InChI is InChI=1S/C13H12N6O2/c14-6-5-9-1-3-10(4-2-9)16-12-7-11(19(20)21)8-13(17-12)18-15/h1-4,7-8H,5,15H2,(H2,16,17,18). The highest BCUT2D eigenvalue weighted by Crippen LogP contribution is 2.23. The van der Waals surface area contributed by atoms with Gasteiger partial charge in [-0.3, -0.25) is 10.1 Å². The second-order valence-corrected chi connectivity index (χ2v) is 4.15. The number of nitrogens with two attached hydrogens (primary N) is 1. The van der Waals surface area contributed by atoms with Crippen LogP contribution in [0.1, 0.15) is 5.56 Å². The van der Waals surface area contributed by atoms with E-state index in [4.69, 9.17) is 11.1 Å². The van der Waals surface area contributed by atoms with Crippen molar-refractivity contribution in [2.75, 3.05) is 10.7 Å². The van der Waals surface area contributed by atoms with Gasteiger partial charge in [0, 0.05) is 5.69 Å². The zero-order valence-corrected chi connectivity index (χ0v) is 10.9. The van der Waals surface area contributed by atoms with E-state index in [0.29, 0.717) is 17.9 Å². The SMILES string of the molecule is N#CCc1ccc(Nc2cc([N+](=O)[O-])cc(NN)n2)cc1. The highest BCUT2D eigenvalue weighted by Gasteiger charge is 2.11. The van der Waals surface area contributed by atoms with Crippen LogP contribution in [0.15, 0.2) is 36.4 Å². The van der Waals surface area contributed by atoms with Crippen molar-refractivity contribution in [1.29, 1.82) is 5.26 Å². The summed E-state index contributed by atoms with van der Waals surface area (Å²) < 4.78 is 0. The van der Waals surface area contributed by atoms with Crippen LogP contribution in [0.2, 0.25) is 0 Å². The van der Waals surface area contributed by atoms with Crippen LogP contribution >= 0.6 is 0 Å². The Bertz CT molecular complexity index is 693. The van der Waals surface area contributed by atoms with Gasteiger partial charge >= 0.3 is 0 Å². The monoisotopic (exact) mass is 284 g/mol. The quantitative estimate of drug-likeness (QED) is 0.435. The fourth-order valence-electron chi connectivity index (χ4n) is 1.70. The number of nitrogens with one attached hydrogen (secondary N) is 2. The van der Waals surface area contributed by atoms with Crippen molar-refractivity contribution in [3.63, 3.8) is 0 Å². The van der Waals surface area contributed by atoms with Crippen LogP contribution in [0.4, 0.5) is 23.0 Å². The molecule has 21 heavy (non-hydrogen) atoms. The molecule has 0 atom stereocenters. The van der Waals surface area contributed by atoms with Gasteiger partial charge in [-0.25, -0.2) is 10.8 Å². The zero-order valence-electron chi connectivity index (χ0n) is 10.9. The highest BCUT2D eigenvalue weighted by molar-refractivity contribution is 5.62. The third kappa shape index (κ3) is 3.65. The molecule has 0 unspecified atom stereocenters. The summed E-state index contributed by atoms with van der Waals surface area (Å²) in [5.74, 6) is 5.73. The lowest BCUT2D eigenvalue weighted by molar-refractivity contribution is -0.384. The van der Waals surface area contributed by atoms with E-state index in [2.05, 4.69) is 21.8 Å². The van der Waals surface area contributed by atoms with Crippen molar-refractivity contribution in [1.82, 2.24) is 4.98 Å². The maximum atomic E-state index is 10.8. The van der Waals surface area contributed by atoms with Crippen molar-refractivity contribution in [3.8, 4) is 6.07 Å². The fourth-order valence-corrected chi connectivity index (χ4v) is 1.70. The first kappa shape index (κ1) is 14.2. The van der Waals surface area contributed by atoms with Crippen LogP contribution < -0.4 is 16.6 Å². The summed E-state index contributed by atoms with van der Waals surface area (Å²) in [6.45, 7) is 0. The average molecular weight is 284 g/mol. The van der Waals surface area contributed by atoms with Crippen LogP contribution in [-0.4, -0.2) is 9.91 Å². The van der Waals surface area contributed by atoms with E-state index < -0.39 is 4.92 Å². The van der Waals surface area contributed by atoms with E-state index in [1.807, 2.05) is 0 Å². The lowest BCUT2D eigenvalue weighted by Gasteiger charge is -2.08. The Morgan fingerprint density at radius 3 is 2.52 bits per heavy atom. The molecule has 0 radical (unpaired) electrons. The minimum absolute atomic E-state index is 0.124. The first-order valence-electron chi connectivity index (χ1n) is 5.98. The van der Waals surface area contributed by atoms with Gasteiger partial charge < -0.3 is 10.7 Å². The van der Waals surface area contributed by atoms with Crippen molar-refractivity contribution in [3.05, 3.63) is 52.1 Å². The van der Waals surface area contributed by atoms with Gasteiger partial charge in [0.15, 0.2) is 0 Å². The Labute approximate surface area is 120 Å². The molecule has 0 amide bonds. The molecule has 2 aromatic rings. The number of nitro groups is 1. The largest absolute Gasteiger partial charge is 0.340 e. The number of nitrogen functional groups attached to an aromatic ring is 1. The van der Waals surface area contributed by atoms with E-state index in [1.165, 1.54) is 12.1 Å². The average Bonchev–Trinajstić information content (AvgIpc) is 2.49. The predicted octanol–water partition coefficient (Wildman–Crippen LogP) is 2.09. The molecule has 0 saturated heterocycles. The number of aromatic nitrogens is 1. The minimum Gasteiger partial charge on any atom is -0.340 e. The third-order valence-corrected chi connectivity index (χ3v) is 2.68. The molecule has 106 valence electrons. The molecule has 0 saturated carbocycles. The zero-order chi connectivity index (χ0) is 15.2. The number of nitriles is 1. The predicted molar refractivity (Wildman–Crippen MR) is 77.7 cm³/mol. The van der Waals surface area contributed by atoms with Gasteiger partial charge in [-0.15, -0.1) is 0 Å². The fraction of sp³-hybridized carbons (Fsp3) is 0.0769. The molecule has 0 aliphatic rings. The van der Waals surface area contributed by atoms with E-state index in [1.54, 1.807) is 24.3 Å². The molecular formula is C13H12N6O2. The summed E-state index contributed by atoms with van der Waals surface area (Å²) in [6, 6.07) is 11.7. The number of pyridine rings is 1. The lowest BCUT2D eigenvalue weighted by atomic mass is 10.1. The maximum absolute atomic E-state index is 10.8. The van der Waals surface area contributed by atoms with Crippen molar-refractivity contribution >= 4 is 23.0 Å². The van der Waals surface area contributed by atoms with Crippen LogP contribution in [0.5, 0.6) is 0 Å². The van der Waals surface area contributed by atoms with Crippen molar-refractivity contribution in [2.45, 2.75) is 6.42 Å². The smallest absolute Gasteiger partial charge is 0.276 e. The number of benzene rings is 1. The van der Waals surface area contributed by atoms with E-state index in [0.717, 1.165) is 5.56 Å². The molecule has 0 spiro atoms. The second kappa shape index (κ2) is 6.31. The molecule has 1 aromatic heterocycles. The maximum Gasteiger partial charge on any atom is 0.276 e. The van der Waals surface area contributed by atoms with Crippen molar-refractivity contribution in [2.24, 2.45) is 5.84 Å². The van der Waals surface area contributed by atoms with Crippen LogP contribution in [0.25, 0.3) is 0 Å². The molecule has 8 heteroatoms. The highest BCUT2D eigenvalue weighted by atomic mass is 16.6. The molecular weight excluding hydrogens is 272 g/mol. The molecule has 1 aromatic carbocycles. The number of nitrogens with zero attached hydrogens (tertiary/aromatic N) is 3. The minimum atomic E-state index is -0.524. The number of rotatable bonds is 5. The Morgan fingerprint density at radius 2 is 1.95 bits per heavy atom. The van der Waals surface area contributed by atoms with E-state index in [9.17, 15) is 10.1 Å². The summed E-state index contributed by atoms with van der Waals surface area (Å²) in [6.07, 6.45) is 0.330. The molecule has 2 rings (SSSR count). The summed E-state index contributed by atoms with van der Waals surface area (Å²) in [5.41, 5.74) is 3.75. The van der Waals surface area contributed by atoms with Gasteiger partial charge in [0.25, 0.3) is 5.69 Å². The molecule has 8 nitrogen and oxygen atoms in total. The van der Waals surface area contributed by atoms with E-state index in [-0.39, 0.29) is 11.5 Å². The molecule has 0 aliphatic carbocycles. The van der Waals surface area contributed by atoms with E-state index >= 15 is 0 Å². The number of hydrazine groups is 1. The number of hydrogen-bond donors (Lipinski definition) is 3. The van der Waals surface area contributed by atoms with Crippen molar-refractivity contribution < 1.29 is 4.92 Å². The first-order chi connectivity index (χ1) is 10.1. The van der Waals surface area contributed by atoms with Gasteiger partial charge in [0.1, 0.15) is 11.6 Å². The van der Waals surface area contributed by atoms with Gasteiger partial charge in [-0.1, -0.05) is 12.1 Å².